The van der Waals surface area contributed by atoms with Crippen molar-refractivity contribution >= 4 is 34.8 Å². The number of nitrogens with one attached hydrogen (secondary N) is 1. The Labute approximate surface area is 171 Å². The molecule has 12 nitrogen and oxygen atoms in total. The van der Waals surface area contributed by atoms with E-state index in [1.165, 1.54) is 4.90 Å². The van der Waals surface area contributed by atoms with E-state index in [2.05, 4.69) is 10.2 Å². The first-order valence-corrected chi connectivity index (χ1v) is 10.1. The number of amides is 2. The molecule has 0 aromatic carbocycles. The second kappa shape index (κ2) is 12.8. The van der Waals surface area contributed by atoms with Crippen LogP contribution in [0, 0.1) is 16.0 Å². The Morgan fingerprint density at radius 3 is 2.66 bits per heavy atom. The zero-order valence-electron chi connectivity index (χ0n) is 16.0. The van der Waals surface area contributed by atoms with E-state index in [1.807, 2.05) is 0 Å². The average molecular weight is 435 g/mol. The maximum absolute atomic E-state index is 12.4. The minimum absolute atomic E-state index is 0.0281. The number of carbonyl (C=O) groups excluding carboxylic acids is 3. The summed E-state index contributed by atoms with van der Waals surface area (Å²) in [6, 6.07) is -0.812. The molecule has 1 saturated heterocycles. The Bertz CT molecular complexity index is 616. The molecule has 1 aliphatic rings. The quantitative estimate of drug-likeness (QED) is 0.253. The molecule has 0 bridgehead atoms. The van der Waals surface area contributed by atoms with Crippen molar-refractivity contribution in [2.45, 2.75) is 38.6 Å². The van der Waals surface area contributed by atoms with Gasteiger partial charge in [-0.2, -0.15) is 0 Å². The summed E-state index contributed by atoms with van der Waals surface area (Å²) in [5.74, 6) is -1.69. The fourth-order valence-electron chi connectivity index (χ4n) is 2.61. The van der Waals surface area contributed by atoms with Gasteiger partial charge in [0.1, 0.15) is 6.04 Å². The zero-order valence-corrected chi connectivity index (χ0v) is 16.9. The average Bonchev–Trinajstić information content (AvgIpc) is 3.16. The number of unbranched alkanes of at least 4 members (excludes halogenated alkanes) is 1. The Balaban J connectivity index is 2.18. The highest BCUT2D eigenvalue weighted by Crippen LogP contribution is 2.21. The minimum atomic E-state index is -1.03. The second-order valence-electron chi connectivity index (χ2n) is 6.37. The zero-order chi connectivity index (χ0) is 21.8. The molecule has 0 unspecified atom stereocenters. The van der Waals surface area contributed by atoms with Gasteiger partial charge in [-0.1, -0.05) is 18.7 Å². The Morgan fingerprint density at radius 2 is 2.00 bits per heavy atom. The number of carbonyl (C=O) groups is 4. The molecule has 2 N–H and O–H groups in total. The van der Waals surface area contributed by atoms with Crippen molar-refractivity contribution in [3.8, 4) is 0 Å². The fraction of sp³-hybridized carbons (Fsp3) is 0.750. The van der Waals surface area contributed by atoms with Crippen LogP contribution in [-0.2, 0) is 24.0 Å². The smallest absolute Gasteiger partial charge is 0.407 e. The summed E-state index contributed by atoms with van der Waals surface area (Å²) in [7, 11) is 0. The molecule has 1 heterocycles. The fourth-order valence-corrected chi connectivity index (χ4v) is 3.37. The molecule has 13 heteroatoms. The Hall–Kier alpha value is -2.57. The molecule has 1 rings (SSSR count). The monoisotopic (exact) mass is 435 g/mol. The minimum Gasteiger partial charge on any atom is -0.480 e. The lowest BCUT2D eigenvalue weighted by molar-refractivity contribution is -0.757. The SMILES string of the molecule is C[C@H](CSC(=O)CNC(=O)OCCCCO[N+](=O)[O-])C(=O)N1CCC[C@H]1C(=O)O. The van der Waals surface area contributed by atoms with Crippen molar-refractivity contribution in [2.75, 3.05) is 32.1 Å². The molecular weight excluding hydrogens is 410 g/mol. The van der Waals surface area contributed by atoms with Crippen molar-refractivity contribution in [1.82, 2.24) is 10.2 Å². The maximum Gasteiger partial charge on any atom is 0.407 e. The van der Waals surface area contributed by atoms with Gasteiger partial charge >= 0.3 is 12.1 Å². The van der Waals surface area contributed by atoms with Crippen LogP contribution in [0.15, 0.2) is 0 Å². The van der Waals surface area contributed by atoms with Gasteiger partial charge in [-0.15, -0.1) is 10.1 Å². The number of thioether (sulfide) groups is 1. The number of hydrogen-bond donors (Lipinski definition) is 2. The number of aliphatic carboxylic acids is 1. The second-order valence-corrected chi connectivity index (χ2v) is 7.44. The van der Waals surface area contributed by atoms with Gasteiger partial charge in [0.15, 0.2) is 0 Å². The van der Waals surface area contributed by atoms with Crippen LogP contribution in [0.2, 0.25) is 0 Å². The standard InChI is InChI=1S/C16H25N3O9S/c1-11(14(21)18-6-4-5-12(18)15(22)23)10-29-13(20)9-17-16(24)27-7-2-3-8-28-19(25)26/h11-12H,2-10H2,1H3,(H,17,24)(H,22,23)/t11-,12+/m1/s1. The number of carboxylic acids is 1. The molecular formula is C16H25N3O9S. The van der Waals surface area contributed by atoms with Gasteiger partial charge in [0, 0.05) is 18.2 Å². The van der Waals surface area contributed by atoms with Gasteiger partial charge in [-0.3, -0.25) is 9.59 Å². The van der Waals surface area contributed by atoms with Gasteiger partial charge < -0.3 is 24.9 Å². The maximum atomic E-state index is 12.4. The number of hydrogen-bond acceptors (Lipinski definition) is 9. The molecule has 0 aromatic rings. The number of alkyl carbamates (subject to hydrolysis) is 1. The normalized spacial score (nSPS) is 16.7. The van der Waals surface area contributed by atoms with Gasteiger partial charge in [-0.05, 0) is 25.7 Å². The van der Waals surface area contributed by atoms with Crippen LogP contribution in [0.25, 0.3) is 0 Å². The van der Waals surface area contributed by atoms with Crippen molar-refractivity contribution in [1.29, 1.82) is 0 Å². The van der Waals surface area contributed by atoms with E-state index in [0.29, 0.717) is 32.2 Å². The highest BCUT2D eigenvalue weighted by atomic mass is 32.2. The lowest BCUT2D eigenvalue weighted by Crippen LogP contribution is -2.43. The van der Waals surface area contributed by atoms with Crippen molar-refractivity contribution < 1.29 is 38.9 Å². The van der Waals surface area contributed by atoms with Crippen LogP contribution < -0.4 is 5.32 Å². The number of likely N-dealkylation sites (tertiary alicyclic amines) is 1. The number of nitrogens with zero attached hydrogens (tertiary/aromatic N) is 2. The van der Waals surface area contributed by atoms with Gasteiger partial charge in [0.05, 0.1) is 19.8 Å². The molecule has 0 radical (unpaired) electrons. The van der Waals surface area contributed by atoms with Crippen LogP contribution >= 0.6 is 11.8 Å². The predicted molar refractivity (Wildman–Crippen MR) is 101 cm³/mol. The molecule has 1 aliphatic heterocycles. The largest absolute Gasteiger partial charge is 0.480 e. The molecule has 0 aromatic heterocycles. The summed E-state index contributed by atoms with van der Waals surface area (Å²) < 4.78 is 4.81. The molecule has 0 aliphatic carbocycles. The summed E-state index contributed by atoms with van der Waals surface area (Å²) in [5, 5.41) is 20.1. The van der Waals surface area contributed by atoms with E-state index in [9.17, 15) is 29.3 Å². The topological polar surface area (TPSA) is 165 Å². The highest BCUT2D eigenvalue weighted by Gasteiger charge is 2.35. The first-order valence-electron chi connectivity index (χ1n) is 9.09. The van der Waals surface area contributed by atoms with E-state index in [-0.39, 0.29) is 36.5 Å². The summed E-state index contributed by atoms with van der Waals surface area (Å²) in [6.45, 7) is 1.68. The van der Waals surface area contributed by atoms with Crippen molar-refractivity contribution in [2.24, 2.45) is 5.92 Å². The molecule has 2 atom stereocenters. The van der Waals surface area contributed by atoms with E-state index in [0.717, 1.165) is 11.8 Å². The molecule has 2 amide bonds. The molecule has 0 spiro atoms. The first-order chi connectivity index (χ1) is 13.7. The lowest BCUT2D eigenvalue weighted by Gasteiger charge is -2.24. The molecule has 164 valence electrons. The number of rotatable bonds is 12. The summed E-state index contributed by atoms with van der Waals surface area (Å²) in [4.78, 5) is 62.2. The highest BCUT2D eigenvalue weighted by molar-refractivity contribution is 8.13. The van der Waals surface area contributed by atoms with Gasteiger partial charge in [0.2, 0.25) is 11.0 Å². The van der Waals surface area contributed by atoms with Gasteiger partial charge in [-0.25, -0.2) is 9.59 Å². The van der Waals surface area contributed by atoms with Crippen LogP contribution in [0.3, 0.4) is 0 Å². The summed E-state index contributed by atoms with van der Waals surface area (Å²) in [5.41, 5.74) is 0. The third-order valence-corrected chi connectivity index (χ3v) is 5.22. The van der Waals surface area contributed by atoms with Crippen molar-refractivity contribution in [3.63, 3.8) is 0 Å². The summed E-state index contributed by atoms with van der Waals surface area (Å²) >= 11 is 0.876. The molecule has 29 heavy (non-hydrogen) atoms. The van der Waals surface area contributed by atoms with E-state index in [1.54, 1.807) is 6.92 Å². The predicted octanol–water partition coefficient (Wildman–Crippen LogP) is 0.673. The van der Waals surface area contributed by atoms with E-state index < -0.39 is 29.1 Å². The van der Waals surface area contributed by atoms with Crippen molar-refractivity contribution in [3.05, 3.63) is 10.1 Å². The first kappa shape index (κ1) is 24.5. The Morgan fingerprint density at radius 1 is 1.31 bits per heavy atom. The van der Waals surface area contributed by atoms with Gasteiger partial charge in [0.25, 0.3) is 5.09 Å². The summed E-state index contributed by atoms with van der Waals surface area (Å²) in [6.07, 6.45) is 0.983. The Kier molecular flexibility index (Phi) is 10.8. The van der Waals surface area contributed by atoms with Crippen LogP contribution in [0.1, 0.15) is 32.6 Å². The number of ether oxygens (including phenoxy) is 1. The van der Waals surface area contributed by atoms with Crippen LogP contribution in [0.5, 0.6) is 0 Å². The molecule has 0 saturated carbocycles. The number of carboxylic acid groups (broad SMARTS) is 1. The van der Waals surface area contributed by atoms with Crippen LogP contribution in [-0.4, -0.2) is 76.3 Å². The third kappa shape index (κ3) is 9.45. The van der Waals surface area contributed by atoms with Crippen LogP contribution in [0.4, 0.5) is 4.79 Å². The third-order valence-electron chi connectivity index (χ3n) is 4.08. The molecule has 1 fully saturated rings. The lowest BCUT2D eigenvalue weighted by atomic mass is 10.1. The van der Waals surface area contributed by atoms with E-state index >= 15 is 0 Å². The van der Waals surface area contributed by atoms with E-state index in [4.69, 9.17) is 9.84 Å².